The van der Waals surface area contributed by atoms with Crippen LogP contribution in [0.2, 0.25) is 0 Å². The van der Waals surface area contributed by atoms with Crippen molar-refractivity contribution in [1.82, 2.24) is 4.90 Å². The first-order valence-corrected chi connectivity index (χ1v) is 10.4. The summed E-state index contributed by atoms with van der Waals surface area (Å²) in [6, 6.07) is 3.65. The average Bonchev–Trinajstić information content (AvgIpc) is 3.38. The van der Waals surface area contributed by atoms with Crippen molar-refractivity contribution in [1.29, 1.82) is 0 Å². The van der Waals surface area contributed by atoms with Crippen LogP contribution in [0.3, 0.4) is 0 Å². The SMILES string of the molecule is O=C(O)/C=C1\CC[C@@]2(O)[C@H]3Cc4ccc(O)c5c4[C@@]2(CCN3CC2CC2)[C@H]1O5. The molecule has 3 fully saturated rings. The number of ether oxygens (including phenoxy) is 1. The average molecular weight is 383 g/mol. The fourth-order valence-electron chi connectivity index (χ4n) is 6.64. The second-order valence-electron chi connectivity index (χ2n) is 9.31. The van der Waals surface area contributed by atoms with Gasteiger partial charge in [-0.15, -0.1) is 0 Å². The largest absolute Gasteiger partial charge is 0.504 e. The number of aliphatic carboxylic acids is 1. The third-order valence-electron chi connectivity index (χ3n) is 7.95. The molecule has 3 N–H and O–H groups in total. The first-order chi connectivity index (χ1) is 13.4. The van der Waals surface area contributed by atoms with Crippen LogP contribution in [0, 0.1) is 5.92 Å². The number of aliphatic hydroxyl groups is 1. The molecule has 6 heteroatoms. The summed E-state index contributed by atoms with van der Waals surface area (Å²) in [6.45, 7) is 1.91. The zero-order valence-corrected chi connectivity index (χ0v) is 15.7. The Bertz CT molecular complexity index is 922. The van der Waals surface area contributed by atoms with Crippen molar-refractivity contribution in [2.75, 3.05) is 13.1 Å². The number of nitrogens with zero attached hydrogens (tertiary/aromatic N) is 1. The second kappa shape index (κ2) is 5.30. The quantitative estimate of drug-likeness (QED) is 0.692. The fraction of sp³-hybridized carbons (Fsp3) is 0.591. The monoisotopic (exact) mass is 383 g/mol. The van der Waals surface area contributed by atoms with E-state index in [2.05, 4.69) is 4.90 Å². The number of carboxylic acid groups (broad SMARTS) is 1. The third-order valence-corrected chi connectivity index (χ3v) is 7.95. The molecule has 6 nitrogen and oxygen atoms in total. The van der Waals surface area contributed by atoms with Gasteiger partial charge in [-0.05, 0) is 68.2 Å². The third kappa shape index (κ3) is 1.93. The van der Waals surface area contributed by atoms with E-state index in [4.69, 9.17) is 4.74 Å². The molecule has 3 aliphatic carbocycles. The van der Waals surface area contributed by atoms with Crippen molar-refractivity contribution >= 4 is 5.97 Å². The molecular formula is C22H25NO5. The van der Waals surface area contributed by atoms with E-state index >= 15 is 0 Å². The van der Waals surface area contributed by atoms with E-state index in [0.29, 0.717) is 18.6 Å². The molecule has 5 aliphatic rings. The maximum Gasteiger partial charge on any atom is 0.328 e. The van der Waals surface area contributed by atoms with Crippen molar-refractivity contribution in [3.63, 3.8) is 0 Å². The highest BCUT2D eigenvalue weighted by atomic mass is 16.5. The predicted molar refractivity (Wildman–Crippen MR) is 101 cm³/mol. The van der Waals surface area contributed by atoms with Gasteiger partial charge < -0.3 is 20.1 Å². The molecule has 1 aromatic carbocycles. The second-order valence-corrected chi connectivity index (χ2v) is 9.31. The lowest BCUT2D eigenvalue weighted by molar-refractivity contribution is -0.174. The van der Waals surface area contributed by atoms with E-state index < -0.39 is 23.1 Å². The number of likely N-dealkylation sites (tertiary alicyclic amines) is 1. The van der Waals surface area contributed by atoms with E-state index in [-0.39, 0.29) is 11.8 Å². The molecule has 0 amide bonds. The Kier molecular flexibility index (Phi) is 3.19. The zero-order chi connectivity index (χ0) is 19.3. The van der Waals surface area contributed by atoms with Gasteiger partial charge in [0.15, 0.2) is 11.5 Å². The highest BCUT2D eigenvalue weighted by molar-refractivity contribution is 5.81. The van der Waals surface area contributed by atoms with Crippen LogP contribution in [0.4, 0.5) is 0 Å². The lowest BCUT2D eigenvalue weighted by atomic mass is 9.48. The molecule has 1 spiro atoms. The number of aromatic hydroxyl groups is 1. The minimum atomic E-state index is -0.987. The molecule has 0 aromatic heterocycles. The van der Waals surface area contributed by atoms with Gasteiger partial charge in [-0.1, -0.05) is 6.07 Å². The molecule has 1 saturated heterocycles. The van der Waals surface area contributed by atoms with E-state index in [1.807, 2.05) is 6.07 Å². The number of phenolic OH excluding ortho intramolecular Hbond substituents is 1. The number of hydrogen-bond acceptors (Lipinski definition) is 5. The molecular weight excluding hydrogens is 358 g/mol. The van der Waals surface area contributed by atoms with E-state index in [0.717, 1.165) is 48.5 Å². The van der Waals surface area contributed by atoms with Crippen molar-refractivity contribution < 1.29 is 24.9 Å². The normalized spacial score (nSPS) is 39.5. The smallest absolute Gasteiger partial charge is 0.328 e. The molecule has 148 valence electrons. The van der Waals surface area contributed by atoms with E-state index in [9.17, 15) is 20.1 Å². The molecule has 2 heterocycles. The topological polar surface area (TPSA) is 90.2 Å². The summed E-state index contributed by atoms with van der Waals surface area (Å²) in [5.41, 5.74) is 1.14. The number of phenols is 1. The Hall–Kier alpha value is -2.05. The highest BCUT2D eigenvalue weighted by Crippen LogP contribution is 2.66. The molecule has 2 saturated carbocycles. The maximum absolute atomic E-state index is 12.2. The lowest BCUT2D eigenvalue weighted by Gasteiger charge is -2.63. The van der Waals surface area contributed by atoms with Gasteiger partial charge >= 0.3 is 5.97 Å². The standard InChI is InChI=1S/C22H25NO5/c24-15-4-3-13-9-16-22(27)6-5-14(10-17(25)26)20-21(22,18(13)19(15)28-20)7-8-23(16)11-12-1-2-12/h3-4,10,12,16,20,24,27H,1-2,5-9,11H2,(H,25,26)/b14-10+/t16-,20+,21+,22-/m1/s1. The van der Waals surface area contributed by atoms with Crippen molar-refractivity contribution in [2.45, 2.75) is 61.7 Å². The first kappa shape index (κ1) is 16.9. The predicted octanol–water partition coefficient (Wildman–Crippen LogP) is 1.97. The van der Waals surface area contributed by atoms with Gasteiger partial charge in [-0.25, -0.2) is 4.79 Å². The minimum Gasteiger partial charge on any atom is -0.504 e. The van der Waals surface area contributed by atoms with E-state index in [1.165, 1.54) is 18.9 Å². The first-order valence-electron chi connectivity index (χ1n) is 10.4. The number of benzene rings is 1. The Morgan fingerprint density at radius 3 is 2.89 bits per heavy atom. The van der Waals surface area contributed by atoms with Gasteiger partial charge in [0.05, 0.1) is 11.0 Å². The number of carbonyl (C=O) groups is 1. The van der Waals surface area contributed by atoms with Gasteiger partial charge in [-0.2, -0.15) is 0 Å². The number of carboxylic acids is 1. The lowest BCUT2D eigenvalue weighted by Crippen LogP contribution is -2.75. The minimum absolute atomic E-state index is 0.0160. The van der Waals surface area contributed by atoms with Gasteiger partial charge in [0.1, 0.15) is 6.10 Å². The van der Waals surface area contributed by atoms with Crippen molar-refractivity contribution in [3.05, 3.63) is 34.9 Å². The summed E-state index contributed by atoms with van der Waals surface area (Å²) in [5, 5.41) is 32.0. The molecule has 2 aliphatic heterocycles. The summed E-state index contributed by atoms with van der Waals surface area (Å²) in [5.74, 6) is 0.294. The molecule has 0 radical (unpaired) electrons. The molecule has 4 atom stereocenters. The molecule has 2 bridgehead atoms. The van der Waals surface area contributed by atoms with Gasteiger partial charge in [0, 0.05) is 24.2 Å². The number of rotatable bonds is 3. The fourth-order valence-corrected chi connectivity index (χ4v) is 6.64. The van der Waals surface area contributed by atoms with Crippen LogP contribution >= 0.6 is 0 Å². The number of piperidine rings is 1. The Labute approximate surface area is 163 Å². The van der Waals surface area contributed by atoms with Gasteiger partial charge in [0.2, 0.25) is 0 Å². The van der Waals surface area contributed by atoms with Crippen LogP contribution < -0.4 is 4.74 Å². The summed E-state index contributed by atoms with van der Waals surface area (Å²) < 4.78 is 6.26. The van der Waals surface area contributed by atoms with Crippen LogP contribution in [-0.4, -0.2) is 57.0 Å². The highest BCUT2D eigenvalue weighted by Gasteiger charge is 2.72. The van der Waals surface area contributed by atoms with E-state index in [1.54, 1.807) is 6.07 Å². The molecule has 0 unspecified atom stereocenters. The van der Waals surface area contributed by atoms with Crippen LogP contribution in [0.5, 0.6) is 11.5 Å². The zero-order valence-electron chi connectivity index (χ0n) is 15.7. The number of hydrogen-bond donors (Lipinski definition) is 3. The summed E-state index contributed by atoms with van der Waals surface area (Å²) >= 11 is 0. The van der Waals surface area contributed by atoms with Crippen LogP contribution in [-0.2, 0) is 16.6 Å². The summed E-state index contributed by atoms with van der Waals surface area (Å²) in [6.07, 6.45) is 5.80. The van der Waals surface area contributed by atoms with Crippen LogP contribution in [0.15, 0.2) is 23.8 Å². The maximum atomic E-state index is 12.2. The van der Waals surface area contributed by atoms with Gasteiger partial charge in [-0.3, -0.25) is 4.90 Å². The molecule has 6 rings (SSSR count). The van der Waals surface area contributed by atoms with Crippen LogP contribution in [0.25, 0.3) is 0 Å². The van der Waals surface area contributed by atoms with Crippen molar-refractivity contribution in [2.24, 2.45) is 5.92 Å². The molecule has 1 aromatic rings. The summed E-state index contributed by atoms with van der Waals surface area (Å²) in [7, 11) is 0. The Morgan fingerprint density at radius 1 is 1.32 bits per heavy atom. The Balaban J connectivity index is 1.56. The van der Waals surface area contributed by atoms with Crippen LogP contribution in [0.1, 0.15) is 43.2 Å². The Morgan fingerprint density at radius 2 is 2.14 bits per heavy atom. The van der Waals surface area contributed by atoms with Gasteiger partial charge in [0.25, 0.3) is 0 Å². The molecule has 28 heavy (non-hydrogen) atoms. The van der Waals surface area contributed by atoms with Crippen molar-refractivity contribution in [3.8, 4) is 11.5 Å². The summed E-state index contributed by atoms with van der Waals surface area (Å²) in [4.78, 5) is 13.9.